The van der Waals surface area contributed by atoms with Gasteiger partial charge in [0.2, 0.25) is 0 Å². The second-order valence-electron chi connectivity index (χ2n) is 2.13. The summed E-state index contributed by atoms with van der Waals surface area (Å²) in [5.74, 6) is 0.765. The van der Waals surface area contributed by atoms with E-state index >= 15 is 0 Å². The zero-order chi connectivity index (χ0) is 7.56. The van der Waals surface area contributed by atoms with Crippen molar-refractivity contribution < 1.29 is 0 Å². The maximum atomic E-state index is 5.56. The summed E-state index contributed by atoms with van der Waals surface area (Å²) in [6.45, 7) is 2.12. The molecule has 0 atom stereocenters. The van der Waals surface area contributed by atoms with Crippen LogP contribution in [0.25, 0.3) is 0 Å². The van der Waals surface area contributed by atoms with Crippen LogP contribution in [-0.2, 0) is 6.42 Å². The molecule has 0 unspecified atom stereocenters. The van der Waals surface area contributed by atoms with Crippen molar-refractivity contribution in [2.45, 2.75) is 18.2 Å². The number of nitrogen functional groups attached to an aromatic ring is 1. The fraction of sp³-hybridized carbons (Fsp3) is 0.429. The number of aromatic nitrogens is 1. The third-order valence-corrected chi connectivity index (χ3v) is 2.26. The molecule has 1 heterocycles. The van der Waals surface area contributed by atoms with E-state index in [1.807, 2.05) is 6.07 Å². The zero-order valence-corrected chi connectivity index (χ0v) is 7.09. The van der Waals surface area contributed by atoms with Crippen LogP contribution in [0.1, 0.15) is 12.6 Å². The smallest absolute Gasteiger partial charge is 0.101 e. The van der Waals surface area contributed by atoms with Crippen LogP contribution < -0.4 is 5.73 Å². The molecule has 0 aliphatic rings. The molecule has 0 aliphatic heterocycles. The topological polar surface area (TPSA) is 41.8 Å². The molecule has 0 spiro atoms. The van der Waals surface area contributed by atoms with Gasteiger partial charge in [-0.3, -0.25) is 0 Å². The van der Waals surface area contributed by atoms with Gasteiger partial charge in [0, 0.05) is 10.6 Å². The van der Waals surface area contributed by atoms with Crippen molar-refractivity contribution in [2.24, 2.45) is 0 Å². The third-order valence-electron chi connectivity index (χ3n) is 1.45. The van der Waals surface area contributed by atoms with Crippen molar-refractivity contribution >= 4 is 17.6 Å². The summed E-state index contributed by atoms with van der Waals surface area (Å²) in [7, 11) is 0. The number of H-pyrrole nitrogens is 1. The predicted molar refractivity (Wildman–Crippen MR) is 46.4 cm³/mol. The van der Waals surface area contributed by atoms with Crippen LogP contribution in [0.15, 0.2) is 11.0 Å². The zero-order valence-electron chi connectivity index (χ0n) is 6.27. The van der Waals surface area contributed by atoms with E-state index in [9.17, 15) is 0 Å². The largest absolute Gasteiger partial charge is 0.385 e. The number of rotatable bonds is 2. The SMILES string of the molecule is CCc1[nH]c(N)cc1SC. The Morgan fingerprint density at radius 1 is 1.70 bits per heavy atom. The van der Waals surface area contributed by atoms with E-state index in [0.717, 1.165) is 12.2 Å². The molecule has 0 amide bonds. The van der Waals surface area contributed by atoms with Crippen molar-refractivity contribution in [1.82, 2.24) is 4.98 Å². The van der Waals surface area contributed by atoms with E-state index in [4.69, 9.17) is 5.73 Å². The molecular weight excluding hydrogens is 144 g/mol. The predicted octanol–water partition coefficient (Wildman–Crippen LogP) is 1.88. The highest BCUT2D eigenvalue weighted by molar-refractivity contribution is 7.98. The minimum Gasteiger partial charge on any atom is -0.385 e. The second kappa shape index (κ2) is 3.01. The molecule has 2 nitrogen and oxygen atoms in total. The number of aryl methyl sites for hydroxylation is 1. The molecule has 56 valence electrons. The minimum absolute atomic E-state index is 0.765. The van der Waals surface area contributed by atoms with Crippen LogP contribution >= 0.6 is 11.8 Å². The Bertz CT molecular complexity index is 196. The van der Waals surface area contributed by atoms with Crippen molar-refractivity contribution in [3.8, 4) is 0 Å². The number of aromatic amines is 1. The Labute approximate surface area is 65.2 Å². The maximum Gasteiger partial charge on any atom is 0.101 e. The second-order valence-corrected chi connectivity index (χ2v) is 2.97. The van der Waals surface area contributed by atoms with Gasteiger partial charge in [-0.1, -0.05) is 6.92 Å². The van der Waals surface area contributed by atoms with Gasteiger partial charge in [0.15, 0.2) is 0 Å². The lowest BCUT2D eigenvalue weighted by Gasteiger charge is -1.93. The van der Waals surface area contributed by atoms with Crippen molar-refractivity contribution in [3.05, 3.63) is 11.8 Å². The van der Waals surface area contributed by atoms with Crippen molar-refractivity contribution in [1.29, 1.82) is 0 Å². The van der Waals surface area contributed by atoms with Gasteiger partial charge < -0.3 is 10.7 Å². The standard InChI is InChI=1S/C7H12N2S/c1-3-5-6(10-2)4-7(8)9-5/h4,9H,3,8H2,1-2H3. The first-order valence-corrected chi connectivity index (χ1v) is 4.51. The molecule has 1 rings (SSSR count). The van der Waals surface area contributed by atoms with Gasteiger partial charge >= 0.3 is 0 Å². The van der Waals surface area contributed by atoms with Gasteiger partial charge in [0.1, 0.15) is 5.82 Å². The summed E-state index contributed by atoms with van der Waals surface area (Å²) in [6, 6.07) is 1.98. The Kier molecular flexibility index (Phi) is 2.27. The van der Waals surface area contributed by atoms with E-state index in [-0.39, 0.29) is 0 Å². The number of thioether (sulfide) groups is 1. The van der Waals surface area contributed by atoms with E-state index in [1.54, 1.807) is 11.8 Å². The molecule has 0 saturated heterocycles. The minimum atomic E-state index is 0.765. The quantitative estimate of drug-likeness (QED) is 0.642. The highest BCUT2D eigenvalue weighted by Crippen LogP contribution is 2.22. The fourth-order valence-corrected chi connectivity index (χ4v) is 1.63. The third kappa shape index (κ3) is 1.29. The molecule has 1 aromatic rings. The molecule has 0 bridgehead atoms. The summed E-state index contributed by atoms with van der Waals surface area (Å²) in [5, 5.41) is 0. The highest BCUT2D eigenvalue weighted by atomic mass is 32.2. The first-order valence-electron chi connectivity index (χ1n) is 3.29. The van der Waals surface area contributed by atoms with Gasteiger partial charge in [0.25, 0.3) is 0 Å². The molecule has 0 radical (unpaired) electrons. The molecule has 1 aromatic heterocycles. The summed E-state index contributed by atoms with van der Waals surface area (Å²) in [5.41, 5.74) is 6.80. The number of hydrogen-bond donors (Lipinski definition) is 2. The summed E-state index contributed by atoms with van der Waals surface area (Å²) in [4.78, 5) is 4.37. The number of nitrogens with two attached hydrogens (primary N) is 1. The average molecular weight is 156 g/mol. The van der Waals surface area contributed by atoms with E-state index in [0.29, 0.717) is 0 Å². The van der Waals surface area contributed by atoms with Crippen molar-refractivity contribution in [3.63, 3.8) is 0 Å². The van der Waals surface area contributed by atoms with Crippen LogP contribution in [-0.4, -0.2) is 11.2 Å². The summed E-state index contributed by atoms with van der Waals surface area (Å²) < 4.78 is 0. The maximum absolute atomic E-state index is 5.56. The highest BCUT2D eigenvalue weighted by Gasteiger charge is 2.01. The molecule has 3 heteroatoms. The van der Waals surface area contributed by atoms with Crippen molar-refractivity contribution in [2.75, 3.05) is 12.0 Å². The van der Waals surface area contributed by atoms with Gasteiger partial charge in [-0.15, -0.1) is 11.8 Å². The monoisotopic (exact) mass is 156 g/mol. The van der Waals surface area contributed by atoms with Gasteiger partial charge in [0.05, 0.1) is 0 Å². The Morgan fingerprint density at radius 2 is 2.40 bits per heavy atom. The molecule has 0 aliphatic carbocycles. The molecular formula is C7H12N2S. The number of anilines is 1. The van der Waals surface area contributed by atoms with Crippen LogP contribution in [0.2, 0.25) is 0 Å². The lowest BCUT2D eigenvalue weighted by Crippen LogP contribution is -1.84. The first-order chi connectivity index (χ1) is 4.77. The van der Waals surface area contributed by atoms with Crippen LogP contribution in [0.5, 0.6) is 0 Å². The Balaban J connectivity index is 2.96. The van der Waals surface area contributed by atoms with Gasteiger partial charge in [-0.2, -0.15) is 0 Å². The molecule has 3 N–H and O–H groups in total. The van der Waals surface area contributed by atoms with Gasteiger partial charge in [-0.25, -0.2) is 0 Å². The van der Waals surface area contributed by atoms with Crippen LogP contribution in [0, 0.1) is 0 Å². The number of nitrogens with one attached hydrogen (secondary N) is 1. The van der Waals surface area contributed by atoms with Crippen LogP contribution in [0.3, 0.4) is 0 Å². The Hall–Kier alpha value is -0.570. The lowest BCUT2D eigenvalue weighted by atomic mass is 10.3. The van der Waals surface area contributed by atoms with E-state index in [1.165, 1.54) is 10.6 Å². The average Bonchev–Trinajstić information content (AvgIpc) is 2.30. The van der Waals surface area contributed by atoms with Crippen LogP contribution in [0.4, 0.5) is 5.82 Å². The van der Waals surface area contributed by atoms with E-state index < -0.39 is 0 Å². The molecule has 0 fully saturated rings. The Morgan fingerprint density at radius 3 is 2.80 bits per heavy atom. The first kappa shape index (κ1) is 7.54. The summed E-state index contributed by atoms with van der Waals surface area (Å²) >= 11 is 1.73. The normalized spacial score (nSPS) is 10.2. The molecule has 0 saturated carbocycles. The number of hydrogen-bond acceptors (Lipinski definition) is 2. The summed E-state index contributed by atoms with van der Waals surface area (Å²) in [6.07, 6.45) is 3.08. The molecule has 0 aromatic carbocycles. The molecule has 10 heavy (non-hydrogen) atoms. The fourth-order valence-electron chi connectivity index (χ4n) is 0.945. The van der Waals surface area contributed by atoms with Gasteiger partial charge in [-0.05, 0) is 18.7 Å². The van der Waals surface area contributed by atoms with E-state index in [2.05, 4.69) is 18.2 Å². The lowest BCUT2D eigenvalue weighted by molar-refractivity contribution is 1.03.